The highest BCUT2D eigenvalue weighted by Crippen LogP contribution is 2.46. The number of halogens is 2. The number of ether oxygens (including phenoxy) is 1. The van der Waals surface area contributed by atoms with Gasteiger partial charge in [0.1, 0.15) is 10.3 Å². The molecule has 0 aliphatic heterocycles. The monoisotopic (exact) mass is 369 g/mol. The molecule has 0 aromatic carbocycles. The third-order valence-corrected chi connectivity index (χ3v) is 4.55. The molecule has 0 saturated heterocycles. The number of fused-ring (bicyclic) bond motifs is 1. The van der Waals surface area contributed by atoms with Gasteiger partial charge < -0.3 is 14.7 Å². The van der Waals surface area contributed by atoms with E-state index in [0.717, 1.165) is 0 Å². The minimum Gasteiger partial charge on any atom is -0.467 e. The molecule has 8 heteroatoms. The van der Waals surface area contributed by atoms with Crippen molar-refractivity contribution in [1.29, 1.82) is 5.26 Å². The number of methoxy groups -OCH3 is 1. The van der Waals surface area contributed by atoms with E-state index in [1.807, 2.05) is 18.7 Å². The van der Waals surface area contributed by atoms with Gasteiger partial charge in [-0.25, -0.2) is 9.78 Å². The van der Waals surface area contributed by atoms with Gasteiger partial charge >= 0.3 is 5.97 Å². The van der Waals surface area contributed by atoms with E-state index in [2.05, 4.69) is 11.1 Å². The average Bonchev–Trinajstić information content (AvgIpc) is 2.56. The van der Waals surface area contributed by atoms with E-state index >= 15 is 0 Å². The van der Waals surface area contributed by atoms with Crippen LogP contribution in [-0.4, -0.2) is 41.2 Å². The van der Waals surface area contributed by atoms with Crippen LogP contribution in [0.3, 0.4) is 0 Å². The fourth-order valence-corrected chi connectivity index (χ4v) is 3.47. The number of aromatic nitrogens is 1. The number of aliphatic hydroxyl groups is 1. The van der Waals surface area contributed by atoms with Crippen LogP contribution in [-0.2, 0) is 15.1 Å². The number of pyridine rings is 1. The minimum atomic E-state index is -2.04. The summed E-state index contributed by atoms with van der Waals surface area (Å²) in [6.07, 6.45) is -0.217. The van der Waals surface area contributed by atoms with Crippen molar-refractivity contribution >= 4 is 34.9 Å². The summed E-state index contributed by atoms with van der Waals surface area (Å²) >= 11 is 12.2. The van der Waals surface area contributed by atoms with Crippen LogP contribution in [0.25, 0.3) is 5.70 Å². The molecule has 2 rings (SSSR count). The first kappa shape index (κ1) is 18.5. The maximum Gasteiger partial charge on any atom is 0.342 e. The first-order valence-electron chi connectivity index (χ1n) is 7.39. The van der Waals surface area contributed by atoms with Crippen molar-refractivity contribution in [2.24, 2.45) is 0 Å². The van der Waals surface area contributed by atoms with Crippen molar-refractivity contribution in [3.63, 3.8) is 0 Å². The topological polar surface area (TPSA) is 86.5 Å². The molecule has 1 aromatic heterocycles. The molecule has 1 N–H and O–H groups in total. The molecule has 1 heterocycles. The van der Waals surface area contributed by atoms with Crippen LogP contribution >= 0.6 is 23.2 Å². The molecule has 1 aliphatic rings. The number of carbonyl (C=O) groups excluding carboxylic acids is 1. The molecule has 6 nitrogen and oxygen atoms in total. The zero-order valence-corrected chi connectivity index (χ0v) is 15.1. The van der Waals surface area contributed by atoms with E-state index in [1.54, 1.807) is 0 Å². The van der Waals surface area contributed by atoms with E-state index < -0.39 is 11.6 Å². The summed E-state index contributed by atoms with van der Waals surface area (Å²) in [5.74, 6) is -0.881. The number of hydrogen-bond acceptors (Lipinski definition) is 6. The Hall–Kier alpha value is -1.81. The molecule has 0 amide bonds. The van der Waals surface area contributed by atoms with E-state index in [1.165, 1.54) is 13.2 Å². The standard InChI is InChI=1S/C16H17Cl2N3O3/c1-4-21(5-2)13-9(8-19)7-16(23,15(22)24-3)10-6-11(17)20-14(18)12(10)13/h6,23H,4-5,7H2,1-3H3/t16-/m1/s1. The van der Waals surface area contributed by atoms with Crippen LogP contribution in [0.2, 0.25) is 10.3 Å². The zero-order chi connectivity index (χ0) is 18.1. The summed E-state index contributed by atoms with van der Waals surface area (Å²) in [6, 6.07) is 3.46. The van der Waals surface area contributed by atoms with Crippen molar-refractivity contribution in [3.05, 3.63) is 33.1 Å². The molecular weight excluding hydrogens is 353 g/mol. The minimum absolute atomic E-state index is 0.0224. The van der Waals surface area contributed by atoms with Crippen molar-refractivity contribution in [2.75, 3.05) is 20.2 Å². The normalized spacial score (nSPS) is 19.5. The fraction of sp³-hybridized carbons (Fsp3) is 0.438. The number of rotatable bonds is 4. The van der Waals surface area contributed by atoms with Gasteiger partial charge in [0, 0.05) is 30.6 Å². The molecule has 0 fully saturated rings. The van der Waals surface area contributed by atoms with Gasteiger partial charge in [0.15, 0.2) is 5.60 Å². The molecule has 0 saturated carbocycles. The third-order valence-electron chi connectivity index (χ3n) is 4.08. The summed E-state index contributed by atoms with van der Waals surface area (Å²) < 4.78 is 4.73. The largest absolute Gasteiger partial charge is 0.467 e. The molecule has 1 atom stereocenters. The molecule has 0 radical (unpaired) electrons. The molecule has 0 bridgehead atoms. The second-order valence-corrected chi connectivity index (χ2v) is 6.04. The third kappa shape index (κ3) is 2.84. The Morgan fingerprint density at radius 1 is 1.50 bits per heavy atom. The number of nitrogens with zero attached hydrogens (tertiary/aromatic N) is 3. The fourth-order valence-electron chi connectivity index (χ4n) is 2.95. The van der Waals surface area contributed by atoms with Crippen molar-refractivity contribution in [1.82, 2.24) is 9.88 Å². The predicted molar refractivity (Wildman–Crippen MR) is 90.2 cm³/mol. The zero-order valence-electron chi connectivity index (χ0n) is 13.6. The molecular formula is C16H17Cl2N3O3. The molecule has 1 aliphatic carbocycles. The number of hydrogen-bond donors (Lipinski definition) is 1. The lowest BCUT2D eigenvalue weighted by molar-refractivity contribution is -0.163. The van der Waals surface area contributed by atoms with Crippen LogP contribution in [0, 0.1) is 11.3 Å². The van der Waals surface area contributed by atoms with Gasteiger partial charge in [-0.2, -0.15) is 5.26 Å². The summed E-state index contributed by atoms with van der Waals surface area (Å²) in [5.41, 5.74) is -0.715. The maximum absolute atomic E-state index is 12.2. The Morgan fingerprint density at radius 2 is 2.12 bits per heavy atom. The molecule has 0 unspecified atom stereocenters. The summed E-state index contributed by atoms with van der Waals surface area (Å²) in [4.78, 5) is 18.2. The quantitative estimate of drug-likeness (QED) is 0.648. The Bertz CT molecular complexity index is 754. The number of carbonyl (C=O) groups is 1. The van der Waals surface area contributed by atoms with E-state index in [4.69, 9.17) is 27.9 Å². The average molecular weight is 370 g/mol. The Balaban J connectivity index is 2.88. The Kier molecular flexibility index (Phi) is 5.38. The van der Waals surface area contributed by atoms with Crippen LogP contribution in [0.15, 0.2) is 11.6 Å². The molecule has 1 aromatic rings. The first-order chi connectivity index (χ1) is 11.3. The van der Waals surface area contributed by atoms with Gasteiger partial charge in [-0.1, -0.05) is 23.2 Å². The molecule has 24 heavy (non-hydrogen) atoms. The van der Waals surface area contributed by atoms with Crippen LogP contribution in [0.5, 0.6) is 0 Å². The van der Waals surface area contributed by atoms with E-state index in [9.17, 15) is 15.2 Å². The van der Waals surface area contributed by atoms with Crippen molar-refractivity contribution < 1.29 is 14.6 Å². The smallest absolute Gasteiger partial charge is 0.342 e. The van der Waals surface area contributed by atoms with Gasteiger partial charge in [0.2, 0.25) is 0 Å². The van der Waals surface area contributed by atoms with Gasteiger partial charge in [-0.3, -0.25) is 0 Å². The Labute approximate surface area is 150 Å². The van der Waals surface area contributed by atoms with Crippen LogP contribution < -0.4 is 0 Å². The lowest BCUT2D eigenvalue weighted by Crippen LogP contribution is -2.42. The van der Waals surface area contributed by atoms with Gasteiger partial charge in [0.05, 0.1) is 24.4 Å². The predicted octanol–water partition coefficient (Wildman–Crippen LogP) is 2.73. The number of esters is 1. The van der Waals surface area contributed by atoms with E-state index in [0.29, 0.717) is 24.4 Å². The summed E-state index contributed by atoms with van der Waals surface area (Å²) in [6.45, 7) is 5.10. The van der Waals surface area contributed by atoms with Crippen LogP contribution in [0.1, 0.15) is 31.4 Å². The summed E-state index contributed by atoms with van der Waals surface area (Å²) in [5, 5.41) is 20.6. The van der Waals surface area contributed by atoms with Gasteiger partial charge in [0.25, 0.3) is 0 Å². The second-order valence-electron chi connectivity index (χ2n) is 5.30. The second kappa shape index (κ2) is 6.98. The highest BCUT2D eigenvalue weighted by atomic mass is 35.5. The van der Waals surface area contributed by atoms with Gasteiger partial charge in [-0.05, 0) is 19.9 Å². The van der Waals surface area contributed by atoms with Gasteiger partial charge in [-0.15, -0.1) is 0 Å². The highest BCUT2D eigenvalue weighted by molar-refractivity contribution is 6.34. The van der Waals surface area contributed by atoms with Crippen LogP contribution in [0.4, 0.5) is 0 Å². The lowest BCUT2D eigenvalue weighted by Gasteiger charge is -2.37. The summed E-state index contributed by atoms with van der Waals surface area (Å²) in [7, 11) is 1.17. The van der Waals surface area contributed by atoms with E-state index in [-0.39, 0.29) is 27.9 Å². The van der Waals surface area contributed by atoms with Crippen molar-refractivity contribution in [3.8, 4) is 6.07 Å². The lowest BCUT2D eigenvalue weighted by atomic mass is 9.78. The Morgan fingerprint density at radius 3 is 2.62 bits per heavy atom. The van der Waals surface area contributed by atoms with Crippen molar-refractivity contribution in [2.45, 2.75) is 25.9 Å². The SMILES string of the molecule is CCN(CC)C1=C(C#N)C[C@](O)(C(=O)OC)c2cc(Cl)nc(Cl)c21. The maximum atomic E-state index is 12.2. The molecule has 128 valence electrons. The first-order valence-corrected chi connectivity index (χ1v) is 8.15. The highest BCUT2D eigenvalue weighted by Gasteiger charge is 2.47. The molecule has 0 spiro atoms. The number of nitriles is 1.